The van der Waals surface area contributed by atoms with Gasteiger partial charge in [0.2, 0.25) is 0 Å². The molecule has 350 valence electrons. The van der Waals surface area contributed by atoms with Gasteiger partial charge in [0, 0.05) is 12.8 Å². The first-order chi connectivity index (χ1) is 29.0. The summed E-state index contributed by atoms with van der Waals surface area (Å²) in [4.78, 5) is 35.4. The van der Waals surface area contributed by atoms with Crippen molar-refractivity contribution in [3.8, 4) is 0 Å². The van der Waals surface area contributed by atoms with E-state index in [9.17, 15) is 19.0 Å². The van der Waals surface area contributed by atoms with Gasteiger partial charge in [-0.05, 0) is 57.8 Å². The standard InChI is InChI=1S/C50H92NO8P/c1-6-8-10-12-14-16-18-20-21-22-23-24-25-26-27-28-29-31-32-34-36-38-40-42-49(52)56-46-48(47-58-60(54,55)57-45-44-51(3,4)5)59-50(53)43-41-39-37-35-33-30-19-17-15-13-11-9-7-2/h9,11,13,15,17,19,26-27,48H,6-8,10,12,14,16,18,20-25,28-47H2,1-5H3/p+1/b11-9+,15-13+,19-17+,27-26+. The fourth-order valence-corrected chi connectivity index (χ4v) is 7.34. The van der Waals surface area contributed by atoms with Gasteiger partial charge in [-0.15, -0.1) is 0 Å². The first kappa shape index (κ1) is 58.0. The zero-order valence-electron chi connectivity index (χ0n) is 39.4. The molecular formula is C50H93NO8P+. The van der Waals surface area contributed by atoms with Crippen molar-refractivity contribution in [3.63, 3.8) is 0 Å². The predicted molar refractivity (Wildman–Crippen MR) is 252 cm³/mol. The van der Waals surface area contributed by atoms with Crippen LogP contribution in [0, 0.1) is 0 Å². The van der Waals surface area contributed by atoms with Gasteiger partial charge in [0.15, 0.2) is 6.10 Å². The first-order valence-corrected chi connectivity index (χ1v) is 25.9. The Morgan fingerprint density at radius 1 is 0.533 bits per heavy atom. The number of carbonyl (C=O) groups is 2. The average molecular weight is 867 g/mol. The zero-order chi connectivity index (χ0) is 44.3. The summed E-state index contributed by atoms with van der Waals surface area (Å²) in [6.07, 6.45) is 50.3. The molecule has 0 radical (unpaired) electrons. The minimum Gasteiger partial charge on any atom is -0.462 e. The molecule has 0 aromatic rings. The van der Waals surface area contributed by atoms with Crippen LogP contribution in [0.2, 0.25) is 0 Å². The van der Waals surface area contributed by atoms with E-state index >= 15 is 0 Å². The number of phosphoric acid groups is 1. The van der Waals surface area contributed by atoms with E-state index in [1.54, 1.807) is 0 Å². The molecule has 0 amide bonds. The number of esters is 2. The van der Waals surface area contributed by atoms with E-state index in [0.29, 0.717) is 17.4 Å². The molecule has 10 heteroatoms. The molecule has 0 heterocycles. The monoisotopic (exact) mass is 867 g/mol. The third-order valence-corrected chi connectivity index (χ3v) is 11.4. The lowest BCUT2D eigenvalue weighted by Crippen LogP contribution is -2.37. The lowest BCUT2D eigenvalue weighted by atomic mass is 10.0. The summed E-state index contributed by atoms with van der Waals surface area (Å²) in [5.41, 5.74) is 0. The largest absolute Gasteiger partial charge is 0.472 e. The molecule has 2 unspecified atom stereocenters. The van der Waals surface area contributed by atoms with Crippen molar-refractivity contribution in [3.05, 3.63) is 48.6 Å². The number of carbonyl (C=O) groups excluding carboxylic acids is 2. The summed E-state index contributed by atoms with van der Waals surface area (Å²) in [5.74, 6) is -0.826. The molecule has 0 rings (SSSR count). The summed E-state index contributed by atoms with van der Waals surface area (Å²) >= 11 is 0. The minimum absolute atomic E-state index is 0.0254. The minimum atomic E-state index is -4.38. The van der Waals surface area contributed by atoms with E-state index in [2.05, 4.69) is 50.3 Å². The number of hydrogen-bond acceptors (Lipinski definition) is 7. The fourth-order valence-electron chi connectivity index (χ4n) is 6.60. The van der Waals surface area contributed by atoms with Crippen LogP contribution in [0.5, 0.6) is 0 Å². The number of allylic oxidation sites excluding steroid dienone is 8. The summed E-state index contributed by atoms with van der Waals surface area (Å²) < 4.78 is 34.3. The van der Waals surface area contributed by atoms with Crippen molar-refractivity contribution in [2.24, 2.45) is 0 Å². The van der Waals surface area contributed by atoms with Crippen LogP contribution >= 0.6 is 7.82 Å². The van der Waals surface area contributed by atoms with Gasteiger partial charge in [0.1, 0.15) is 19.8 Å². The molecule has 0 spiro atoms. The van der Waals surface area contributed by atoms with E-state index in [0.717, 1.165) is 64.2 Å². The molecule has 9 nitrogen and oxygen atoms in total. The maximum atomic E-state index is 12.7. The molecular weight excluding hydrogens is 774 g/mol. The topological polar surface area (TPSA) is 108 Å². The van der Waals surface area contributed by atoms with Crippen LogP contribution in [0.4, 0.5) is 0 Å². The molecule has 60 heavy (non-hydrogen) atoms. The van der Waals surface area contributed by atoms with E-state index < -0.39 is 26.5 Å². The third-order valence-electron chi connectivity index (χ3n) is 10.4. The summed E-state index contributed by atoms with van der Waals surface area (Å²) in [6.45, 7) is 4.27. The third kappa shape index (κ3) is 45.5. The summed E-state index contributed by atoms with van der Waals surface area (Å²) in [5, 5.41) is 0. The smallest absolute Gasteiger partial charge is 0.462 e. The Balaban J connectivity index is 4.22. The Hall–Kier alpha value is -2.03. The highest BCUT2D eigenvalue weighted by molar-refractivity contribution is 7.47. The Kier molecular flexibility index (Phi) is 40.8. The number of likely N-dealkylation sites (N-methyl/N-ethyl adjacent to an activating group) is 1. The van der Waals surface area contributed by atoms with E-state index in [1.165, 1.54) is 109 Å². The second-order valence-electron chi connectivity index (χ2n) is 17.5. The molecule has 0 aliphatic rings. The number of hydrogen-bond donors (Lipinski definition) is 1. The van der Waals surface area contributed by atoms with Crippen molar-refractivity contribution in [2.75, 3.05) is 47.5 Å². The zero-order valence-corrected chi connectivity index (χ0v) is 40.3. The summed E-state index contributed by atoms with van der Waals surface area (Å²) in [6, 6.07) is 0. The molecule has 0 bridgehead atoms. The van der Waals surface area contributed by atoms with Gasteiger partial charge in [0.25, 0.3) is 0 Å². The van der Waals surface area contributed by atoms with Gasteiger partial charge < -0.3 is 18.9 Å². The van der Waals surface area contributed by atoms with Crippen molar-refractivity contribution in [2.45, 2.75) is 213 Å². The lowest BCUT2D eigenvalue weighted by Gasteiger charge is -2.24. The lowest BCUT2D eigenvalue weighted by molar-refractivity contribution is -0.870. The van der Waals surface area contributed by atoms with Crippen molar-refractivity contribution in [1.29, 1.82) is 0 Å². The Bertz CT molecular complexity index is 1160. The number of unbranched alkanes of at least 4 members (excludes halogenated alkanes) is 24. The Morgan fingerprint density at radius 3 is 1.45 bits per heavy atom. The molecule has 0 aromatic carbocycles. The van der Waals surface area contributed by atoms with Crippen LogP contribution in [-0.2, 0) is 32.7 Å². The van der Waals surface area contributed by atoms with Crippen molar-refractivity contribution in [1.82, 2.24) is 0 Å². The fraction of sp³-hybridized carbons (Fsp3) is 0.800. The first-order valence-electron chi connectivity index (χ1n) is 24.4. The Morgan fingerprint density at radius 2 is 0.967 bits per heavy atom. The second-order valence-corrected chi connectivity index (χ2v) is 19.0. The highest BCUT2D eigenvalue weighted by Gasteiger charge is 2.27. The van der Waals surface area contributed by atoms with Crippen LogP contribution in [0.3, 0.4) is 0 Å². The number of ether oxygens (including phenoxy) is 2. The number of phosphoric ester groups is 1. The molecule has 0 aliphatic carbocycles. The molecule has 0 saturated heterocycles. The van der Waals surface area contributed by atoms with Gasteiger partial charge in [-0.25, -0.2) is 4.57 Å². The summed E-state index contributed by atoms with van der Waals surface area (Å²) in [7, 11) is 1.46. The average Bonchev–Trinajstić information content (AvgIpc) is 3.20. The molecule has 0 fully saturated rings. The normalized spacial score (nSPS) is 13.9. The Labute approximate surface area is 369 Å². The number of quaternary nitrogens is 1. The van der Waals surface area contributed by atoms with Gasteiger partial charge in [-0.2, -0.15) is 0 Å². The van der Waals surface area contributed by atoms with E-state index in [4.69, 9.17) is 18.5 Å². The SMILES string of the molecule is CC/C=C/C=C/C=C/CCCCCCCC(=O)OC(COC(=O)CCCCCCCCC/C=C/CCCCCCCCCCCCCC)COP(=O)(O)OCC[N+](C)(C)C. The van der Waals surface area contributed by atoms with Crippen LogP contribution in [0.15, 0.2) is 48.6 Å². The highest BCUT2D eigenvalue weighted by atomic mass is 31.2. The molecule has 0 saturated carbocycles. The van der Waals surface area contributed by atoms with Gasteiger partial charge in [0.05, 0.1) is 27.7 Å². The molecule has 1 N–H and O–H groups in total. The van der Waals surface area contributed by atoms with Crippen molar-refractivity contribution < 1.29 is 42.1 Å². The van der Waals surface area contributed by atoms with E-state index in [1.807, 2.05) is 33.3 Å². The van der Waals surface area contributed by atoms with Crippen LogP contribution < -0.4 is 0 Å². The van der Waals surface area contributed by atoms with Gasteiger partial charge in [-0.1, -0.05) is 184 Å². The number of nitrogens with zero attached hydrogens (tertiary/aromatic N) is 1. The maximum Gasteiger partial charge on any atom is 0.472 e. The quantitative estimate of drug-likeness (QED) is 0.0161. The maximum absolute atomic E-state index is 12.7. The van der Waals surface area contributed by atoms with Crippen LogP contribution in [-0.4, -0.2) is 74.9 Å². The van der Waals surface area contributed by atoms with Gasteiger partial charge >= 0.3 is 19.8 Å². The highest BCUT2D eigenvalue weighted by Crippen LogP contribution is 2.43. The second kappa shape index (κ2) is 42.3. The molecule has 2 atom stereocenters. The predicted octanol–water partition coefficient (Wildman–Crippen LogP) is 14.2. The van der Waals surface area contributed by atoms with Crippen LogP contribution in [0.1, 0.15) is 206 Å². The number of rotatable bonds is 44. The van der Waals surface area contributed by atoms with Crippen LogP contribution in [0.25, 0.3) is 0 Å². The van der Waals surface area contributed by atoms with E-state index in [-0.39, 0.29) is 32.0 Å². The molecule has 0 aromatic heterocycles. The van der Waals surface area contributed by atoms with Gasteiger partial charge in [-0.3, -0.25) is 18.6 Å². The van der Waals surface area contributed by atoms with Crippen molar-refractivity contribution >= 4 is 19.8 Å². The molecule has 0 aliphatic heterocycles.